The van der Waals surface area contributed by atoms with Crippen LogP contribution in [0, 0.1) is 11.3 Å². The van der Waals surface area contributed by atoms with Crippen LogP contribution in [-0.2, 0) is 0 Å². The van der Waals surface area contributed by atoms with E-state index in [1.807, 2.05) is 18.0 Å². The molecule has 0 radical (unpaired) electrons. The first-order chi connectivity index (χ1) is 8.61. The van der Waals surface area contributed by atoms with E-state index in [9.17, 15) is 0 Å². The zero-order chi connectivity index (χ0) is 13.1. The van der Waals surface area contributed by atoms with Gasteiger partial charge in [0.05, 0.1) is 6.20 Å². The fraction of sp³-hybridized carbons (Fsp3) is 0.583. The second-order valence-corrected chi connectivity index (χ2v) is 4.74. The molecular weight excluding hydrogens is 228 g/mol. The number of nitrogen functional groups attached to an aromatic ring is 1. The molecular formula is C12H18N6. The van der Waals surface area contributed by atoms with Crippen LogP contribution < -0.4 is 10.6 Å². The van der Waals surface area contributed by atoms with Crippen LogP contribution >= 0.6 is 0 Å². The smallest absolute Gasteiger partial charge is 0.227 e. The standard InChI is InChI=1S/C12H18N6/c1-17-5-3-4-10(17)8-18(2)12-15-7-9(6-13)11(14)16-12/h7,10H,3-5,8H2,1-2H3,(H2,14,15,16)/t10-/m1/s1. The van der Waals surface area contributed by atoms with Gasteiger partial charge in [0, 0.05) is 19.6 Å². The maximum atomic E-state index is 8.78. The van der Waals surface area contributed by atoms with Gasteiger partial charge in [-0.1, -0.05) is 0 Å². The van der Waals surface area contributed by atoms with E-state index >= 15 is 0 Å². The third kappa shape index (κ3) is 2.51. The summed E-state index contributed by atoms with van der Waals surface area (Å²) in [7, 11) is 4.09. The summed E-state index contributed by atoms with van der Waals surface area (Å²) in [5.74, 6) is 0.820. The molecule has 1 aromatic rings. The summed E-state index contributed by atoms with van der Waals surface area (Å²) >= 11 is 0. The largest absolute Gasteiger partial charge is 0.382 e. The minimum atomic E-state index is 0.245. The van der Waals surface area contributed by atoms with Gasteiger partial charge >= 0.3 is 0 Å². The third-order valence-corrected chi connectivity index (χ3v) is 3.42. The van der Waals surface area contributed by atoms with Crippen molar-refractivity contribution in [3.63, 3.8) is 0 Å². The first-order valence-electron chi connectivity index (χ1n) is 6.06. The molecule has 0 bridgehead atoms. The number of aromatic nitrogens is 2. The molecule has 1 aliphatic rings. The lowest BCUT2D eigenvalue weighted by Gasteiger charge is -2.25. The Morgan fingerprint density at radius 3 is 3.00 bits per heavy atom. The molecule has 6 nitrogen and oxygen atoms in total. The highest BCUT2D eigenvalue weighted by Crippen LogP contribution is 2.18. The summed E-state index contributed by atoms with van der Waals surface area (Å²) in [5.41, 5.74) is 6.02. The highest BCUT2D eigenvalue weighted by molar-refractivity contribution is 5.50. The van der Waals surface area contributed by atoms with E-state index in [1.165, 1.54) is 19.0 Å². The molecule has 6 heteroatoms. The SMILES string of the molecule is CN(C[C@H]1CCCN1C)c1ncc(C#N)c(N)n1. The van der Waals surface area contributed by atoms with Crippen LogP contribution in [0.4, 0.5) is 11.8 Å². The molecule has 0 aliphatic carbocycles. The van der Waals surface area contributed by atoms with Crippen molar-refractivity contribution in [3.8, 4) is 6.07 Å². The number of likely N-dealkylation sites (tertiary alicyclic amines) is 1. The van der Waals surface area contributed by atoms with Crippen LogP contribution in [0.5, 0.6) is 0 Å². The second-order valence-electron chi connectivity index (χ2n) is 4.74. The molecule has 0 aromatic carbocycles. The number of anilines is 2. The molecule has 1 aromatic heterocycles. The summed E-state index contributed by atoms with van der Waals surface area (Å²) in [5, 5.41) is 8.78. The Morgan fingerprint density at radius 2 is 2.44 bits per heavy atom. The highest BCUT2D eigenvalue weighted by Gasteiger charge is 2.23. The molecule has 1 fully saturated rings. The third-order valence-electron chi connectivity index (χ3n) is 3.42. The van der Waals surface area contributed by atoms with Gasteiger partial charge in [-0.2, -0.15) is 10.2 Å². The Labute approximate surface area is 107 Å². The van der Waals surface area contributed by atoms with Crippen LogP contribution in [0.15, 0.2) is 6.20 Å². The quantitative estimate of drug-likeness (QED) is 0.834. The normalized spacial score (nSPS) is 19.7. The number of rotatable bonds is 3. The Bertz CT molecular complexity index is 466. The van der Waals surface area contributed by atoms with Gasteiger partial charge in [-0.15, -0.1) is 0 Å². The lowest BCUT2D eigenvalue weighted by Crippen LogP contribution is -2.37. The minimum Gasteiger partial charge on any atom is -0.382 e. The lowest BCUT2D eigenvalue weighted by molar-refractivity contribution is 0.313. The van der Waals surface area contributed by atoms with Crippen molar-refractivity contribution >= 4 is 11.8 Å². The van der Waals surface area contributed by atoms with Crippen molar-refractivity contribution in [1.82, 2.24) is 14.9 Å². The Balaban J connectivity index is 2.07. The molecule has 2 rings (SSSR count). The molecule has 1 atom stereocenters. The average Bonchev–Trinajstić information content (AvgIpc) is 2.75. The Kier molecular flexibility index (Phi) is 3.63. The maximum absolute atomic E-state index is 8.78. The number of nitrogens with two attached hydrogens (primary N) is 1. The molecule has 1 saturated heterocycles. The van der Waals surface area contributed by atoms with Crippen molar-refractivity contribution in [3.05, 3.63) is 11.8 Å². The molecule has 2 heterocycles. The van der Waals surface area contributed by atoms with E-state index in [2.05, 4.69) is 21.9 Å². The van der Waals surface area contributed by atoms with Crippen molar-refractivity contribution in [1.29, 1.82) is 5.26 Å². The number of hydrogen-bond acceptors (Lipinski definition) is 6. The van der Waals surface area contributed by atoms with Crippen molar-refractivity contribution in [2.75, 3.05) is 37.8 Å². The number of nitriles is 1. The summed E-state index contributed by atoms with van der Waals surface area (Å²) in [6, 6.07) is 2.50. The van der Waals surface area contributed by atoms with E-state index < -0.39 is 0 Å². The van der Waals surface area contributed by atoms with Crippen LogP contribution in [-0.4, -0.2) is 48.1 Å². The fourth-order valence-corrected chi connectivity index (χ4v) is 2.26. The summed E-state index contributed by atoms with van der Waals surface area (Å²) < 4.78 is 0. The number of nitrogens with zero attached hydrogens (tertiary/aromatic N) is 5. The van der Waals surface area contributed by atoms with Crippen LogP contribution in [0.2, 0.25) is 0 Å². The topological polar surface area (TPSA) is 82.1 Å². The molecule has 0 saturated carbocycles. The average molecular weight is 246 g/mol. The Hall–Kier alpha value is -1.87. The molecule has 18 heavy (non-hydrogen) atoms. The van der Waals surface area contributed by atoms with Crippen LogP contribution in [0.3, 0.4) is 0 Å². The molecule has 96 valence electrons. The minimum absolute atomic E-state index is 0.245. The van der Waals surface area contributed by atoms with Crippen molar-refractivity contribution in [2.45, 2.75) is 18.9 Å². The monoisotopic (exact) mass is 246 g/mol. The fourth-order valence-electron chi connectivity index (χ4n) is 2.26. The van der Waals surface area contributed by atoms with E-state index in [1.54, 1.807) is 0 Å². The first-order valence-corrected chi connectivity index (χ1v) is 6.06. The molecule has 0 unspecified atom stereocenters. The first kappa shape index (κ1) is 12.6. The van der Waals surface area contributed by atoms with E-state index in [0.717, 1.165) is 13.1 Å². The summed E-state index contributed by atoms with van der Waals surface area (Å²) in [6.07, 6.45) is 3.92. The second kappa shape index (κ2) is 5.19. The summed E-state index contributed by atoms with van der Waals surface area (Å²) in [6.45, 7) is 2.02. The number of hydrogen-bond donors (Lipinski definition) is 1. The zero-order valence-corrected chi connectivity index (χ0v) is 10.8. The number of likely N-dealkylation sites (N-methyl/N-ethyl adjacent to an activating group) is 2. The van der Waals surface area contributed by atoms with Gasteiger partial charge in [0.25, 0.3) is 0 Å². The van der Waals surface area contributed by atoms with E-state index in [4.69, 9.17) is 11.0 Å². The van der Waals surface area contributed by atoms with Gasteiger partial charge in [-0.05, 0) is 26.4 Å². The van der Waals surface area contributed by atoms with Crippen LogP contribution in [0.25, 0.3) is 0 Å². The van der Waals surface area contributed by atoms with Gasteiger partial charge in [0.1, 0.15) is 17.5 Å². The maximum Gasteiger partial charge on any atom is 0.227 e. The molecule has 2 N–H and O–H groups in total. The van der Waals surface area contributed by atoms with Crippen molar-refractivity contribution in [2.24, 2.45) is 0 Å². The lowest BCUT2D eigenvalue weighted by atomic mass is 10.2. The predicted octanol–water partition coefficient (Wildman–Crippen LogP) is 0.461. The molecule has 0 amide bonds. The van der Waals surface area contributed by atoms with Gasteiger partial charge in [0.2, 0.25) is 5.95 Å². The van der Waals surface area contributed by atoms with E-state index in [-0.39, 0.29) is 5.82 Å². The zero-order valence-electron chi connectivity index (χ0n) is 10.8. The van der Waals surface area contributed by atoms with Gasteiger partial charge < -0.3 is 15.5 Å². The van der Waals surface area contributed by atoms with Crippen LogP contribution in [0.1, 0.15) is 18.4 Å². The van der Waals surface area contributed by atoms with Gasteiger partial charge in [-0.25, -0.2) is 4.98 Å². The predicted molar refractivity (Wildman–Crippen MR) is 70.1 cm³/mol. The van der Waals surface area contributed by atoms with Crippen molar-refractivity contribution < 1.29 is 0 Å². The molecule has 1 aliphatic heterocycles. The highest BCUT2D eigenvalue weighted by atomic mass is 15.3. The summed E-state index contributed by atoms with van der Waals surface area (Å²) in [4.78, 5) is 12.7. The van der Waals surface area contributed by atoms with E-state index in [0.29, 0.717) is 17.6 Å². The molecule has 0 spiro atoms. The van der Waals surface area contributed by atoms with Gasteiger partial charge in [0.15, 0.2) is 0 Å². The van der Waals surface area contributed by atoms with Gasteiger partial charge in [-0.3, -0.25) is 0 Å². The Morgan fingerprint density at radius 1 is 1.67 bits per heavy atom.